The van der Waals surface area contributed by atoms with Gasteiger partial charge in [-0.3, -0.25) is 0 Å². The smallest absolute Gasteiger partial charge is 0.313 e. The van der Waals surface area contributed by atoms with Crippen molar-refractivity contribution in [1.29, 1.82) is 5.41 Å². The largest absolute Gasteiger partial charge is 0.346 e. The van der Waals surface area contributed by atoms with E-state index in [0.29, 0.717) is 5.96 Å². The quantitative estimate of drug-likeness (QED) is 0.308. The predicted octanol–water partition coefficient (Wildman–Crippen LogP) is 0.273. The summed E-state index contributed by atoms with van der Waals surface area (Å²) in [5.41, 5.74) is 0. The number of hydrogen-bond acceptors (Lipinski definition) is 1. The van der Waals surface area contributed by atoms with Crippen LogP contribution in [0.2, 0.25) is 0 Å². The Bertz CT molecular complexity index is 98.5. The molecule has 0 aromatic rings. The molecule has 0 atom stereocenters. The lowest BCUT2D eigenvalue weighted by atomic mass is 10.6. The Kier molecular flexibility index (Phi) is 3.24. The van der Waals surface area contributed by atoms with Crippen LogP contribution in [0.1, 0.15) is 6.92 Å². The standard InChI is InChI=1S/C6H15N3/c1-5-9(4)6(7)8(2)3/h7H,5H2,1-4H3/q+1. The van der Waals surface area contributed by atoms with E-state index in [4.69, 9.17) is 5.41 Å². The highest BCUT2D eigenvalue weighted by atomic mass is 15.3. The zero-order valence-corrected chi connectivity index (χ0v) is 6.60. The third-order valence-corrected chi connectivity index (χ3v) is 1.26. The van der Waals surface area contributed by atoms with E-state index in [1.807, 2.05) is 33.0 Å². The molecule has 9 heavy (non-hydrogen) atoms. The first-order valence-corrected chi connectivity index (χ1v) is 3.06. The fraction of sp³-hybridized carbons (Fsp3) is 0.833. The minimum atomic E-state index is 0.553. The molecule has 53 valence electrons. The van der Waals surface area contributed by atoms with Crippen LogP contribution < -0.4 is 4.90 Å². The molecule has 0 unspecified atom stereocenters. The Morgan fingerprint density at radius 3 is 2.11 bits per heavy atom. The number of guanidine groups is 1. The SMILES string of the molecule is CC[N+](C)C(=N)N(C)C. The van der Waals surface area contributed by atoms with Gasteiger partial charge in [-0.25, -0.2) is 5.41 Å². The second-order valence-electron chi connectivity index (χ2n) is 2.23. The lowest BCUT2D eigenvalue weighted by molar-refractivity contribution is 0.522. The van der Waals surface area contributed by atoms with Crippen molar-refractivity contribution in [3.63, 3.8) is 0 Å². The first-order chi connectivity index (χ1) is 4.09. The fourth-order valence-corrected chi connectivity index (χ4v) is 0.491. The van der Waals surface area contributed by atoms with Gasteiger partial charge in [0.25, 0.3) is 0 Å². The molecule has 0 aromatic heterocycles. The predicted molar refractivity (Wildman–Crippen MR) is 40.0 cm³/mol. The van der Waals surface area contributed by atoms with Crippen molar-refractivity contribution >= 4 is 5.96 Å². The Labute approximate surface area is 56.8 Å². The van der Waals surface area contributed by atoms with E-state index in [2.05, 4.69) is 0 Å². The Balaban J connectivity index is 3.73. The molecule has 0 aliphatic carbocycles. The molecule has 3 heteroatoms. The van der Waals surface area contributed by atoms with Crippen LogP contribution in [-0.2, 0) is 0 Å². The summed E-state index contributed by atoms with van der Waals surface area (Å²) in [4.78, 5) is 3.66. The van der Waals surface area contributed by atoms with Gasteiger partial charge in [-0.15, -0.1) is 4.90 Å². The topological polar surface area (TPSA) is 33.0 Å². The van der Waals surface area contributed by atoms with Gasteiger partial charge in [0.2, 0.25) is 0 Å². The summed E-state index contributed by atoms with van der Waals surface area (Å²) in [6, 6.07) is 0. The van der Waals surface area contributed by atoms with Gasteiger partial charge in [-0.1, -0.05) is 0 Å². The lowest BCUT2D eigenvalue weighted by Crippen LogP contribution is -2.41. The molecular weight excluding hydrogens is 114 g/mol. The second-order valence-corrected chi connectivity index (χ2v) is 2.23. The van der Waals surface area contributed by atoms with Crippen LogP contribution in [0.15, 0.2) is 0 Å². The van der Waals surface area contributed by atoms with Crippen LogP contribution in [-0.4, -0.2) is 38.5 Å². The van der Waals surface area contributed by atoms with Crippen molar-refractivity contribution in [2.75, 3.05) is 27.7 Å². The van der Waals surface area contributed by atoms with Gasteiger partial charge in [0.15, 0.2) is 0 Å². The molecule has 0 bridgehead atoms. The average Bonchev–Trinajstić information content (AvgIpc) is 1.84. The van der Waals surface area contributed by atoms with Crippen molar-refractivity contribution in [3.8, 4) is 0 Å². The van der Waals surface area contributed by atoms with Gasteiger partial charge >= 0.3 is 5.96 Å². The maximum absolute atomic E-state index is 7.40. The van der Waals surface area contributed by atoms with E-state index in [1.54, 1.807) is 4.90 Å². The van der Waals surface area contributed by atoms with Crippen LogP contribution in [0.25, 0.3) is 0 Å². The summed E-state index contributed by atoms with van der Waals surface area (Å²) in [5.74, 6) is 0.553. The summed E-state index contributed by atoms with van der Waals surface area (Å²) in [6.07, 6.45) is 0. The number of hydrogen-bond donors (Lipinski definition) is 1. The summed E-state index contributed by atoms with van der Waals surface area (Å²) >= 11 is 0. The van der Waals surface area contributed by atoms with Gasteiger partial charge < -0.3 is 4.90 Å². The Morgan fingerprint density at radius 2 is 2.00 bits per heavy atom. The monoisotopic (exact) mass is 129 g/mol. The molecule has 0 amide bonds. The molecule has 0 rings (SSSR count). The highest BCUT2D eigenvalue weighted by molar-refractivity contribution is 5.78. The minimum absolute atomic E-state index is 0.553. The molecule has 1 radical (unpaired) electrons. The molecule has 3 nitrogen and oxygen atoms in total. The minimum Gasteiger partial charge on any atom is -0.313 e. The third-order valence-electron chi connectivity index (χ3n) is 1.26. The summed E-state index contributed by atoms with van der Waals surface area (Å²) in [7, 11) is 5.64. The van der Waals surface area contributed by atoms with Crippen molar-refractivity contribution < 1.29 is 0 Å². The summed E-state index contributed by atoms with van der Waals surface area (Å²) < 4.78 is 0. The van der Waals surface area contributed by atoms with E-state index in [9.17, 15) is 0 Å². The van der Waals surface area contributed by atoms with E-state index >= 15 is 0 Å². The van der Waals surface area contributed by atoms with Crippen LogP contribution in [0.5, 0.6) is 0 Å². The van der Waals surface area contributed by atoms with Crippen molar-refractivity contribution in [2.24, 2.45) is 0 Å². The van der Waals surface area contributed by atoms with Crippen LogP contribution in [0.4, 0.5) is 0 Å². The average molecular weight is 129 g/mol. The third kappa shape index (κ3) is 2.46. The summed E-state index contributed by atoms with van der Waals surface area (Å²) in [5, 5.41) is 7.40. The number of nitrogens with zero attached hydrogens (tertiary/aromatic N) is 2. The van der Waals surface area contributed by atoms with Crippen LogP contribution in [0.3, 0.4) is 0 Å². The number of nitrogens with one attached hydrogen (secondary N) is 1. The van der Waals surface area contributed by atoms with Gasteiger partial charge in [0, 0.05) is 14.1 Å². The van der Waals surface area contributed by atoms with Crippen LogP contribution >= 0.6 is 0 Å². The zero-order chi connectivity index (χ0) is 7.44. The molecule has 1 N–H and O–H groups in total. The van der Waals surface area contributed by atoms with E-state index in [0.717, 1.165) is 6.54 Å². The summed E-state index contributed by atoms with van der Waals surface area (Å²) in [6.45, 7) is 2.91. The first-order valence-electron chi connectivity index (χ1n) is 3.06. The first kappa shape index (κ1) is 8.43. The van der Waals surface area contributed by atoms with Crippen molar-refractivity contribution in [1.82, 2.24) is 9.80 Å². The fourth-order valence-electron chi connectivity index (χ4n) is 0.491. The highest BCUT2D eigenvalue weighted by Crippen LogP contribution is 1.82. The highest BCUT2D eigenvalue weighted by Gasteiger charge is 2.14. The molecule has 0 saturated carbocycles. The van der Waals surface area contributed by atoms with Crippen molar-refractivity contribution in [2.45, 2.75) is 6.92 Å². The lowest BCUT2D eigenvalue weighted by Gasteiger charge is -2.11. The van der Waals surface area contributed by atoms with Gasteiger partial charge in [0.05, 0.1) is 0 Å². The van der Waals surface area contributed by atoms with E-state index in [-0.39, 0.29) is 0 Å². The molecule has 0 fully saturated rings. The maximum atomic E-state index is 7.40. The second kappa shape index (κ2) is 3.45. The van der Waals surface area contributed by atoms with Gasteiger partial charge in [0.1, 0.15) is 13.6 Å². The molecule has 0 aromatic carbocycles. The molecule has 0 spiro atoms. The van der Waals surface area contributed by atoms with Crippen LogP contribution in [0, 0.1) is 5.41 Å². The number of rotatable bonds is 1. The van der Waals surface area contributed by atoms with Gasteiger partial charge in [-0.2, -0.15) is 0 Å². The molecular formula is C6H15N3+. The molecule has 0 aliphatic rings. The Morgan fingerprint density at radius 1 is 1.56 bits per heavy atom. The van der Waals surface area contributed by atoms with Crippen molar-refractivity contribution in [3.05, 3.63) is 0 Å². The Hall–Kier alpha value is -0.570. The maximum Gasteiger partial charge on any atom is 0.346 e. The molecule has 0 saturated heterocycles. The van der Waals surface area contributed by atoms with E-state index < -0.39 is 0 Å². The molecule has 0 aliphatic heterocycles. The normalized spacial score (nSPS) is 9.89. The zero-order valence-electron chi connectivity index (χ0n) is 6.60. The van der Waals surface area contributed by atoms with Gasteiger partial charge in [-0.05, 0) is 6.92 Å². The molecule has 0 heterocycles. The van der Waals surface area contributed by atoms with E-state index in [1.165, 1.54) is 0 Å².